The summed E-state index contributed by atoms with van der Waals surface area (Å²) in [5.41, 5.74) is 2.96. The molecule has 0 bridgehead atoms. The fourth-order valence-electron chi connectivity index (χ4n) is 1.51. The lowest BCUT2D eigenvalue weighted by Crippen LogP contribution is -1.94. The Balaban J connectivity index is 3.10. The van der Waals surface area contributed by atoms with Crippen LogP contribution >= 0.6 is 0 Å². The van der Waals surface area contributed by atoms with Gasteiger partial charge >= 0.3 is 0 Å². The third-order valence-corrected chi connectivity index (χ3v) is 2.06. The van der Waals surface area contributed by atoms with Crippen LogP contribution in [0.2, 0.25) is 0 Å². The molecule has 66 valence electrons. The van der Waals surface area contributed by atoms with Gasteiger partial charge in [-0.05, 0) is 43.0 Å². The summed E-state index contributed by atoms with van der Waals surface area (Å²) in [4.78, 5) is 0. The van der Waals surface area contributed by atoms with E-state index < -0.39 is 0 Å². The highest BCUT2D eigenvalue weighted by molar-refractivity contribution is 5.31. The van der Waals surface area contributed by atoms with E-state index in [2.05, 4.69) is 6.92 Å². The molecule has 0 amide bonds. The van der Waals surface area contributed by atoms with Gasteiger partial charge in [-0.2, -0.15) is 0 Å². The molecular weight excluding hydrogens is 151 g/mol. The summed E-state index contributed by atoms with van der Waals surface area (Å²) in [6, 6.07) is 3.64. The van der Waals surface area contributed by atoms with Gasteiger partial charge in [0.15, 0.2) is 0 Å². The lowest BCUT2D eigenvalue weighted by molar-refractivity contribution is 0.604. The predicted molar refractivity (Wildman–Crippen MR) is 49.9 cm³/mol. The van der Waals surface area contributed by atoms with Gasteiger partial charge in [0.2, 0.25) is 0 Å². The first-order valence-corrected chi connectivity index (χ1v) is 4.40. The SMILES string of the molecule is CCCc1c(C)cc(C)cc1F. The van der Waals surface area contributed by atoms with E-state index in [4.69, 9.17) is 0 Å². The van der Waals surface area contributed by atoms with Crippen LogP contribution in [0.3, 0.4) is 0 Å². The van der Waals surface area contributed by atoms with Gasteiger partial charge in [-0.3, -0.25) is 0 Å². The number of halogens is 1. The average Bonchev–Trinajstić information content (AvgIpc) is 1.96. The van der Waals surface area contributed by atoms with Crippen molar-refractivity contribution in [1.82, 2.24) is 0 Å². The van der Waals surface area contributed by atoms with Crippen molar-refractivity contribution < 1.29 is 4.39 Å². The molecule has 0 aliphatic rings. The number of aryl methyl sites for hydroxylation is 2. The van der Waals surface area contributed by atoms with Crippen LogP contribution in [-0.2, 0) is 6.42 Å². The summed E-state index contributed by atoms with van der Waals surface area (Å²) in [7, 11) is 0. The van der Waals surface area contributed by atoms with Crippen LogP contribution in [0.5, 0.6) is 0 Å². The second-order valence-corrected chi connectivity index (χ2v) is 3.29. The maximum Gasteiger partial charge on any atom is 0.126 e. The minimum atomic E-state index is -0.0469. The van der Waals surface area contributed by atoms with E-state index in [0.717, 1.165) is 29.5 Å². The Bertz CT molecular complexity index is 253. The summed E-state index contributed by atoms with van der Waals surface area (Å²) in [6.45, 7) is 5.96. The normalized spacial score (nSPS) is 10.3. The zero-order chi connectivity index (χ0) is 9.14. The van der Waals surface area contributed by atoms with E-state index >= 15 is 0 Å². The van der Waals surface area contributed by atoms with Gasteiger partial charge in [-0.1, -0.05) is 19.4 Å². The highest BCUT2D eigenvalue weighted by Crippen LogP contribution is 2.16. The highest BCUT2D eigenvalue weighted by atomic mass is 19.1. The van der Waals surface area contributed by atoms with Gasteiger partial charge in [-0.15, -0.1) is 0 Å². The second kappa shape index (κ2) is 3.70. The van der Waals surface area contributed by atoms with E-state index in [1.165, 1.54) is 0 Å². The largest absolute Gasteiger partial charge is 0.207 e. The first-order chi connectivity index (χ1) is 5.65. The standard InChI is InChI=1S/C11H15F/c1-4-5-10-9(3)6-8(2)7-11(10)12/h6-7H,4-5H2,1-3H3. The van der Waals surface area contributed by atoms with Crippen molar-refractivity contribution in [3.05, 3.63) is 34.6 Å². The van der Waals surface area contributed by atoms with Gasteiger partial charge in [0.25, 0.3) is 0 Å². The maximum atomic E-state index is 13.3. The second-order valence-electron chi connectivity index (χ2n) is 3.29. The number of benzene rings is 1. The zero-order valence-corrected chi connectivity index (χ0v) is 7.95. The summed E-state index contributed by atoms with van der Waals surface area (Å²) < 4.78 is 13.3. The Hall–Kier alpha value is -0.850. The minimum absolute atomic E-state index is 0.0469. The van der Waals surface area contributed by atoms with E-state index in [9.17, 15) is 4.39 Å². The summed E-state index contributed by atoms with van der Waals surface area (Å²) in [6.07, 6.45) is 1.85. The predicted octanol–water partition coefficient (Wildman–Crippen LogP) is 3.40. The smallest absolute Gasteiger partial charge is 0.126 e. The van der Waals surface area contributed by atoms with Gasteiger partial charge in [0.05, 0.1) is 0 Å². The molecular formula is C11H15F. The van der Waals surface area contributed by atoms with E-state index in [0.29, 0.717) is 0 Å². The van der Waals surface area contributed by atoms with Gasteiger partial charge in [-0.25, -0.2) is 4.39 Å². The van der Waals surface area contributed by atoms with Crippen LogP contribution < -0.4 is 0 Å². The van der Waals surface area contributed by atoms with E-state index in [1.807, 2.05) is 19.9 Å². The summed E-state index contributed by atoms with van der Waals surface area (Å²) in [5, 5.41) is 0. The summed E-state index contributed by atoms with van der Waals surface area (Å²) in [5.74, 6) is -0.0469. The molecule has 1 aromatic carbocycles. The fraction of sp³-hybridized carbons (Fsp3) is 0.455. The zero-order valence-electron chi connectivity index (χ0n) is 7.95. The first kappa shape index (κ1) is 9.24. The average molecular weight is 166 g/mol. The van der Waals surface area contributed by atoms with Crippen molar-refractivity contribution in [3.8, 4) is 0 Å². The highest BCUT2D eigenvalue weighted by Gasteiger charge is 2.04. The third-order valence-electron chi connectivity index (χ3n) is 2.06. The van der Waals surface area contributed by atoms with Crippen molar-refractivity contribution in [2.24, 2.45) is 0 Å². The van der Waals surface area contributed by atoms with E-state index in [-0.39, 0.29) is 5.82 Å². The van der Waals surface area contributed by atoms with Crippen LogP contribution in [0.25, 0.3) is 0 Å². The molecule has 0 fully saturated rings. The Morgan fingerprint density at radius 1 is 1.25 bits per heavy atom. The quantitative estimate of drug-likeness (QED) is 0.631. The Morgan fingerprint density at radius 3 is 2.42 bits per heavy atom. The van der Waals surface area contributed by atoms with Crippen LogP contribution in [0.15, 0.2) is 12.1 Å². The van der Waals surface area contributed by atoms with Crippen LogP contribution in [0.1, 0.15) is 30.0 Å². The molecule has 12 heavy (non-hydrogen) atoms. The molecule has 0 atom stereocenters. The molecule has 1 rings (SSSR count). The molecule has 0 aliphatic carbocycles. The number of hydrogen-bond acceptors (Lipinski definition) is 0. The number of rotatable bonds is 2. The lowest BCUT2D eigenvalue weighted by atomic mass is 10.0. The molecule has 0 unspecified atom stereocenters. The molecule has 1 heteroatoms. The van der Waals surface area contributed by atoms with Crippen molar-refractivity contribution in [2.45, 2.75) is 33.6 Å². The molecule has 0 heterocycles. The molecule has 0 aliphatic heterocycles. The topological polar surface area (TPSA) is 0 Å². The molecule has 0 spiro atoms. The first-order valence-electron chi connectivity index (χ1n) is 4.40. The van der Waals surface area contributed by atoms with Gasteiger partial charge in [0, 0.05) is 0 Å². The number of hydrogen-bond donors (Lipinski definition) is 0. The molecule has 0 nitrogen and oxygen atoms in total. The van der Waals surface area contributed by atoms with Crippen molar-refractivity contribution in [2.75, 3.05) is 0 Å². The third kappa shape index (κ3) is 1.84. The van der Waals surface area contributed by atoms with Crippen LogP contribution in [0, 0.1) is 19.7 Å². The summed E-state index contributed by atoms with van der Waals surface area (Å²) >= 11 is 0. The van der Waals surface area contributed by atoms with Crippen LogP contribution in [0.4, 0.5) is 4.39 Å². The fourth-order valence-corrected chi connectivity index (χ4v) is 1.51. The maximum absolute atomic E-state index is 13.3. The van der Waals surface area contributed by atoms with Crippen molar-refractivity contribution in [1.29, 1.82) is 0 Å². The lowest BCUT2D eigenvalue weighted by Gasteiger charge is -2.06. The molecule has 0 N–H and O–H groups in total. The van der Waals surface area contributed by atoms with E-state index in [1.54, 1.807) is 6.07 Å². The molecule has 0 saturated carbocycles. The van der Waals surface area contributed by atoms with Crippen molar-refractivity contribution >= 4 is 0 Å². The molecule has 0 aromatic heterocycles. The van der Waals surface area contributed by atoms with Crippen LogP contribution in [-0.4, -0.2) is 0 Å². The Kier molecular flexibility index (Phi) is 2.85. The Morgan fingerprint density at radius 2 is 1.92 bits per heavy atom. The van der Waals surface area contributed by atoms with Gasteiger partial charge in [0.1, 0.15) is 5.82 Å². The monoisotopic (exact) mass is 166 g/mol. The molecule has 0 radical (unpaired) electrons. The van der Waals surface area contributed by atoms with Crippen molar-refractivity contribution in [3.63, 3.8) is 0 Å². The van der Waals surface area contributed by atoms with Gasteiger partial charge < -0.3 is 0 Å². The Labute approximate surface area is 73.4 Å². The molecule has 1 aromatic rings. The minimum Gasteiger partial charge on any atom is -0.207 e. The molecule has 0 saturated heterocycles.